The van der Waals surface area contributed by atoms with Gasteiger partial charge in [0.1, 0.15) is 22.3 Å². The van der Waals surface area contributed by atoms with Crippen LogP contribution in [0.3, 0.4) is 0 Å². The number of para-hydroxylation sites is 1. The molecule has 2 nitrogen and oxygen atoms in total. The van der Waals surface area contributed by atoms with Crippen LogP contribution >= 0.6 is 0 Å². The molecule has 0 spiro atoms. The normalized spacial score (nSPS) is 12.4. The minimum Gasteiger partial charge on any atom is -0.456 e. The Kier molecular flexibility index (Phi) is 2.91. The van der Waals surface area contributed by atoms with Crippen molar-refractivity contribution >= 4 is 76.2 Å². The SMILES string of the molecule is c1ccc2c(c1)ccc1c2oc2cccc3c2c1c1cccc2oc4ccccc4c3c21. The second-order valence-electron chi connectivity index (χ2n) is 8.47. The van der Waals surface area contributed by atoms with Crippen LogP contribution in [0.25, 0.3) is 76.2 Å². The van der Waals surface area contributed by atoms with E-state index in [-0.39, 0.29) is 0 Å². The average molecular weight is 408 g/mol. The largest absolute Gasteiger partial charge is 0.456 e. The van der Waals surface area contributed by atoms with Crippen LogP contribution in [-0.2, 0) is 0 Å². The molecule has 0 N–H and O–H groups in total. The second-order valence-corrected chi connectivity index (χ2v) is 8.47. The van der Waals surface area contributed by atoms with Gasteiger partial charge in [-0.25, -0.2) is 0 Å². The van der Waals surface area contributed by atoms with Crippen LogP contribution in [0.5, 0.6) is 0 Å². The first-order valence-electron chi connectivity index (χ1n) is 10.9. The smallest absolute Gasteiger partial charge is 0.143 e. The number of rotatable bonds is 0. The van der Waals surface area contributed by atoms with Gasteiger partial charge in [0.15, 0.2) is 0 Å². The number of benzene rings is 6. The van der Waals surface area contributed by atoms with Gasteiger partial charge in [-0.15, -0.1) is 0 Å². The number of fused-ring (bicyclic) bond motifs is 8. The molecule has 0 fully saturated rings. The van der Waals surface area contributed by atoms with Crippen LogP contribution in [0.1, 0.15) is 0 Å². The summed E-state index contributed by atoms with van der Waals surface area (Å²) in [4.78, 5) is 0. The Hall–Kier alpha value is -4.30. The Bertz CT molecular complexity index is 2040. The van der Waals surface area contributed by atoms with Gasteiger partial charge in [0, 0.05) is 37.7 Å². The molecule has 0 aliphatic carbocycles. The third kappa shape index (κ3) is 1.91. The average Bonchev–Trinajstić information content (AvgIpc) is 2.85. The van der Waals surface area contributed by atoms with Crippen LogP contribution in [0.2, 0.25) is 0 Å². The minimum atomic E-state index is 0.899. The van der Waals surface area contributed by atoms with E-state index in [1.165, 1.54) is 37.7 Å². The van der Waals surface area contributed by atoms with Gasteiger partial charge in [-0.05, 0) is 40.4 Å². The highest BCUT2D eigenvalue weighted by atomic mass is 16.3. The van der Waals surface area contributed by atoms with E-state index >= 15 is 0 Å². The molecule has 0 saturated carbocycles. The Morgan fingerprint density at radius 1 is 0.344 bits per heavy atom. The van der Waals surface area contributed by atoms with Crippen molar-refractivity contribution in [1.29, 1.82) is 0 Å². The summed E-state index contributed by atoms with van der Waals surface area (Å²) in [5.41, 5.74) is 3.65. The fourth-order valence-corrected chi connectivity index (χ4v) is 5.53. The molecule has 2 heterocycles. The maximum absolute atomic E-state index is 6.62. The first-order chi connectivity index (χ1) is 15.9. The van der Waals surface area contributed by atoms with Crippen LogP contribution in [0.15, 0.2) is 106 Å². The quantitative estimate of drug-likeness (QED) is 0.185. The summed E-state index contributed by atoms with van der Waals surface area (Å²) in [6, 6.07) is 33.9. The molecule has 0 atom stereocenters. The summed E-state index contributed by atoms with van der Waals surface area (Å²) in [5, 5.41) is 11.8. The van der Waals surface area contributed by atoms with Crippen LogP contribution in [-0.4, -0.2) is 0 Å². The van der Waals surface area contributed by atoms with Crippen molar-refractivity contribution in [3.63, 3.8) is 0 Å². The molecule has 0 unspecified atom stereocenters. The third-order valence-corrected chi connectivity index (χ3v) is 6.83. The van der Waals surface area contributed by atoms with E-state index in [1.54, 1.807) is 0 Å². The summed E-state index contributed by atoms with van der Waals surface area (Å²) in [6.07, 6.45) is 0. The van der Waals surface area contributed by atoms with Crippen molar-refractivity contribution in [2.45, 2.75) is 0 Å². The molecule has 6 aromatic carbocycles. The summed E-state index contributed by atoms with van der Waals surface area (Å²) in [6.45, 7) is 0. The van der Waals surface area contributed by atoms with Crippen molar-refractivity contribution in [3.05, 3.63) is 97.1 Å². The molecule has 2 aromatic heterocycles. The van der Waals surface area contributed by atoms with Crippen LogP contribution in [0, 0.1) is 0 Å². The van der Waals surface area contributed by atoms with E-state index in [0.29, 0.717) is 0 Å². The second kappa shape index (κ2) is 5.68. The molecule has 0 bridgehead atoms. The van der Waals surface area contributed by atoms with Crippen molar-refractivity contribution in [1.82, 2.24) is 0 Å². The molecule has 32 heavy (non-hydrogen) atoms. The molecule has 8 aromatic rings. The van der Waals surface area contributed by atoms with E-state index in [9.17, 15) is 0 Å². The summed E-state index contributed by atoms with van der Waals surface area (Å²) in [7, 11) is 0. The number of hydrogen-bond donors (Lipinski definition) is 0. The molecule has 8 rings (SSSR count). The monoisotopic (exact) mass is 408 g/mol. The molecule has 148 valence electrons. The molecule has 0 radical (unpaired) electrons. The highest BCUT2D eigenvalue weighted by molar-refractivity contribution is 6.40. The topological polar surface area (TPSA) is 26.3 Å². The van der Waals surface area contributed by atoms with Crippen molar-refractivity contribution in [2.24, 2.45) is 0 Å². The van der Waals surface area contributed by atoms with Gasteiger partial charge in [-0.3, -0.25) is 0 Å². The lowest BCUT2D eigenvalue weighted by Gasteiger charge is -2.17. The fourth-order valence-electron chi connectivity index (χ4n) is 5.53. The first kappa shape index (κ1) is 16.4. The van der Waals surface area contributed by atoms with E-state index in [0.717, 1.165) is 38.5 Å². The minimum absolute atomic E-state index is 0.899. The first-order valence-corrected chi connectivity index (χ1v) is 10.9. The lowest BCUT2D eigenvalue weighted by molar-refractivity contribution is 0.662. The summed E-state index contributed by atoms with van der Waals surface area (Å²) in [5.74, 6) is 0. The van der Waals surface area contributed by atoms with Gasteiger partial charge in [0.05, 0.1) is 0 Å². The van der Waals surface area contributed by atoms with Crippen molar-refractivity contribution in [2.75, 3.05) is 0 Å². The standard InChI is InChI=1S/C30H16O2/c1-2-8-18-17(7-1)15-16-22-27-21-11-5-13-24-28(21)26(19-9-3-4-12-23(19)31-24)20-10-6-14-25(29(20)27)32-30(18)22/h1-16H. The molecule has 0 amide bonds. The zero-order chi connectivity index (χ0) is 20.8. The lowest BCUT2D eigenvalue weighted by Crippen LogP contribution is -1.90. The fraction of sp³-hybridized carbons (Fsp3) is 0. The van der Waals surface area contributed by atoms with Gasteiger partial charge in [-0.1, -0.05) is 72.8 Å². The molecule has 0 aliphatic heterocycles. The maximum atomic E-state index is 6.62. The summed E-state index contributed by atoms with van der Waals surface area (Å²) < 4.78 is 13.0. The van der Waals surface area contributed by atoms with E-state index < -0.39 is 0 Å². The van der Waals surface area contributed by atoms with E-state index in [2.05, 4.69) is 84.9 Å². The molecule has 0 saturated heterocycles. The van der Waals surface area contributed by atoms with Gasteiger partial charge in [0.25, 0.3) is 0 Å². The van der Waals surface area contributed by atoms with E-state index in [1.807, 2.05) is 12.1 Å². The predicted octanol–water partition coefficient (Wildman–Crippen LogP) is 8.94. The molecule has 2 heteroatoms. The highest BCUT2D eigenvalue weighted by Gasteiger charge is 2.20. The predicted molar refractivity (Wildman–Crippen MR) is 134 cm³/mol. The zero-order valence-electron chi connectivity index (χ0n) is 17.1. The molecular formula is C30H16O2. The maximum Gasteiger partial charge on any atom is 0.143 e. The molecule has 0 aliphatic rings. The van der Waals surface area contributed by atoms with Gasteiger partial charge < -0.3 is 8.83 Å². The van der Waals surface area contributed by atoms with Crippen LogP contribution in [0.4, 0.5) is 0 Å². The Morgan fingerprint density at radius 2 is 0.938 bits per heavy atom. The van der Waals surface area contributed by atoms with Gasteiger partial charge in [-0.2, -0.15) is 0 Å². The Balaban J connectivity index is 1.80. The van der Waals surface area contributed by atoms with E-state index in [4.69, 9.17) is 8.83 Å². The molecular weight excluding hydrogens is 392 g/mol. The van der Waals surface area contributed by atoms with Crippen LogP contribution < -0.4 is 0 Å². The zero-order valence-corrected chi connectivity index (χ0v) is 17.1. The van der Waals surface area contributed by atoms with Crippen molar-refractivity contribution in [3.8, 4) is 0 Å². The van der Waals surface area contributed by atoms with Crippen molar-refractivity contribution < 1.29 is 8.83 Å². The highest BCUT2D eigenvalue weighted by Crippen LogP contribution is 2.46. The summed E-state index contributed by atoms with van der Waals surface area (Å²) >= 11 is 0. The van der Waals surface area contributed by atoms with Gasteiger partial charge >= 0.3 is 0 Å². The third-order valence-electron chi connectivity index (χ3n) is 6.83. The number of hydrogen-bond acceptors (Lipinski definition) is 2. The lowest BCUT2D eigenvalue weighted by atomic mass is 9.90. The van der Waals surface area contributed by atoms with Gasteiger partial charge in [0.2, 0.25) is 0 Å². The Morgan fingerprint density at radius 3 is 1.75 bits per heavy atom. The Labute approximate surface area is 182 Å².